The van der Waals surface area contributed by atoms with Gasteiger partial charge in [0.05, 0.1) is 11.7 Å². The van der Waals surface area contributed by atoms with Crippen LogP contribution in [0.25, 0.3) is 5.69 Å². The predicted molar refractivity (Wildman–Crippen MR) is 99.9 cm³/mol. The molecule has 6 nitrogen and oxygen atoms in total. The van der Waals surface area contributed by atoms with E-state index in [1.54, 1.807) is 17.1 Å². The summed E-state index contributed by atoms with van der Waals surface area (Å²) in [6.45, 7) is 1.68. The Morgan fingerprint density at radius 2 is 2.15 bits per heavy atom. The Kier molecular flexibility index (Phi) is 4.75. The molecule has 1 aromatic carbocycles. The van der Waals surface area contributed by atoms with Gasteiger partial charge in [0.1, 0.15) is 0 Å². The number of rotatable bonds is 5. The van der Waals surface area contributed by atoms with Crippen molar-refractivity contribution in [3.05, 3.63) is 72.8 Å². The molecule has 6 heteroatoms. The van der Waals surface area contributed by atoms with Gasteiger partial charge in [0.25, 0.3) is 0 Å². The minimum absolute atomic E-state index is 0.0454. The molecule has 1 N–H and O–H groups in total. The van der Waals surface area contributed by atoms with Crippen molar-refractivity contribution in [3.8, 4) is 5.69 Å². The van der Waals surface area contributed by atoms with Gasteiger partial charge < -0.3 is 5.32 Å². The Hall–Kier alpha value is -2.99. The molecule has 3 heterocycles. The fourth-order valence-electron chi connectivity index (χ4n) is 3.41. The topological polar surface area (TPSA) is 63.1 Å². The summed E-state index contributed by atoms with van der Waals surface area (Å²) in [5.74, 6) is 0.0454. The minimum atomic E-state index is -0.108. The number of pyridine rings is 1. The number of hydrogen-bond donors (Lipinski definition) is 1. The standard InChI is InChI=1S/C20H21N5O/c26-20(19-8-3-11-24(19)15-16-5-2-9-21-14-16)23-17-6-1-7-18(13-17)25-12-4-10-22-25/h1-2,4-7,9-10,12-14,19H,3,8,11,15H2,(H,23,26)/t19-/m1/s1. The van der Waals surface area contributed by atoms with E-state index < -0.39 is 0 Å². The molecule has 0 radical (unpaired) electrons. The lowest BCUT2D eigenvalue weighted by Gasteiger charge is -2.23. The van der Waals surface area contributed by atoms with E-state index in [4.69, 9.17) is 0 Å². The molecule has 1 aliphatic heterocycles. The summed E-state index contributed by atoms with van der Waals surface area (Å²) in [6.07, 6.45) is 9.16. The number of aromatic nitrogens is 3. The number of carbonyl (C=O) groups is 1. The highest BCUT2D eigenvalue weighted by Gasteiger charge is 2.30. The van der Waals surface area contributed by atoms with Crippen LogP contribution in [0.2, 0.25) is 0 Å². The largest absolute Gasteiger partial charge is 0.325 e. The van der Waals surface area contributed by atoms with Crippen LogP contribution in [0, 0.1) is 0 Å². The third-order valence-corrected chi connectivity index (χ3v) is 4.66. The molecule has 0 bridgehead atoms. The molecule has 1 atom stereocenters. The number of carbonyl (C=O) groups excluding carboxylic acids is 1. The van der Waals surface area contributed by atoms with E-state index in [1.807, 2.05) is 54.9 Å². The molecule has 3 aromatic rings. The number of benzene rings is 1. The van der Waals surface area contributed by atoms with Crippen LogP contribution in [0.4, 0.5) is 5.69 Å². The zero-order chi connectivity index (χ0) is 17.8. The van der Waals surface area contributed by atoms with Gasteiger partial charge in [-0.2, -0.15) is 5.10 Å². The molecule has 0 aliphatic carbocycles. The molecule has 1 fully saturated rings. The van der Waals surface area contributed by atoms with Crippen LogP contribution in [0.5, 0.6) is 0 Å². The van der Waals surface area contributed by atoms with Crippen molar-refractivity contribution >= 4 is 11.6 Å². The van der Waals surface area contributed by atoms with Crippen molar-refractivity contribution in [2.75, 3.05) is 11.9 Å². The molecule has 4 rings (SSSR count). The smallest absolute Gasteiger partial charge is 0.241 e. The Balaban J connectivity index is 1.45. The number of nitrogens with one attached hydrogen (secondary N) is 1. The second-order valence-electron chi connectivity index (χ2n) is 6.48. The lowest BCUT2D eigenvalue weighted by molar-refractivity contribution is -0.120. The minimum Gasteiger partial charge on any atom is -0.325 e. The zero-order valence-electron chi connectivity index (χ0n) is 14.5. The third kappa shape index (κ3) is 3.65. The maximum Gasteiger partial charge on any atom is 0.241 e. The molecule has 132 valence electrons. The quantitative estimate of drug-likeness (QED) is 0.771. The summed E-state index contributed by atoms with van der Waals surface area (Å²) in [5.41, 5.74) is 2.84. The number of anilines is 1. The van der Waals surface area contributed by atoms with Crippen molar-refractivity contribution in [1.82, 2.24) is 19.7 Å². The fourth-order valence-corrected chi connectivity index (χ4v) is 3.41. The second-order valence-corrected chi connectivity index (χ2v) is 6.48. The van der Waals surface area contributed by atoms with Crippen LogP contribution in [0.15, 0.2) is 67.3 Å². The summed E-state index contributed by atoms with van der Waals surface area (Å²) in [4.78, 5) is 19.2. The van der Waals surface area contributed by atoms with Crippen molar-refractivity contribution in [2.24, 2.45) is 0 Å². The Labute approximate surface area is 152 Å². The molecule has 0 unspecified atom stereocenters. The Morgan fingerprint density at radius 1 is 1.19 bits per heavy atom. The Morgan fingerprint density at radius 3 is 2.96 bits per heavy atom. The monoisotopic (exact) mass is 347 g/mol. The molecule has 0 spiro atoms. The van der Waals surface area contributed by atoms with E-state index in [1.165, 1.54) is 0 Å². The highest BCUT2D eigenvalue weighted by Crippen LogP contribution is 2.22. The number of nitrogens with zero attached hydrogens (tertiary/aromatic N) is 4. The molecular formula is C20H21N5O. The lowest BCUT2D eigenvalue weighted by atomic mass is 10.2. The average molecular weight is 347 g/mol. The summed E-state index contributed by atoms with van der Waals surface area (Å²) >= 11 is 0. The molecule has 2 aromatic heterocycles. The SMILES string of the molecule is O=C(Nc1cccc(-n2cccn2)c1)[C@H]1CCCN1Cc1cccnc1. The predicted octanol–water partition coefficient (Wildman–Crippen LogP) is 2.87. The highest BCUT2D eigenvalue weighted by molar-refractivity contribution is 5.95. The average Bonchev–Trinajstić information content (AvgIpc) is 3.35. The summed E-state index contributed by atoms with van der Waals surface area (Å²) < 4.78 is 1.78. The normalized spacial score (nSPS) is 17.3. The van der Waals surface area contributed by atoms with E-state index in [9.17, 15) is 4.79 Å². The molecule has 1 amide bonds. The molecule has 26 heavy (non-hydrogen) atoms. The van der Waals surface area contributed by atoms with Gasteiger partial charge in [0.15, 0.2) is 0 Å². The fraction of sp³-hybridized carbons (Fsp3) is 0.250. The van der Waals surface area contributed by atoms with Gasteiger partial charge in [-0.15, -0.1) is 0 Å². The van der Waals surface area contributed by atoms with E-state index in [0.29, 0.717) is 0 Å². The van der Waals surface area contributed by atoms with Crippen molar-refractivity contribution in [3.63, 3.8) is 0 Å². The van der Waals surface area contributed by atoms with Crippen LogP contribution in [0.1, 0.15) is 18.4 Å². The van der Waals surface area contributed by atoms with Crippen molar-refractivity contribution < 1.29 is 4.79 Å². The summed E-state index contributed by atoms with van der Waals surface area (Å²) in [6, 6.07) is 13.5. The highest BCUT2D eigenvalue weighted by atomic mass is 16.2. The number of hydrogen-bond acceptors (Lipinski definition) is 4. The molecule has 1 aliphatic rings. The molecular weight excluding hydrogens is 326 g/mol. The maximum atomic E-state index is 12.8. The third-order valence-electron chi connectivity index (χ3n) is 4.66. The molecule has 1 saturated heterocycles. The van der Waals surface area contributed by atoms with Crippen molar-refractivity contribution in [2.45, 2.75) is 25.4 Å². The van der Waals surface area contributed by atoms with E-state index in [-0.39, 0.29) is 11.9 Å². The van der Waals surface area contributed by atoms with Crippen LogP contribution in [0.3, 0.4) is 0 Å². The van der Waals surface area contributed by atoms with Gasteiger partial charge in [-0.25, -0.2) is 4.68 Å². The first-order valence-corrected chi connectivity index (χ1v) is 8.83. The summed E-state index contributed by atoms with van der Waals surface area (Å²) in [7, 11) is 0. The van der Waals surface area contributed by atoms with E-state index in [2.05, 4.69) is 20.3 Å². The van der Waals surface area contributed by atoms with E-state index >= 15 is 0 Å². The van der Waals surface area contributed by atoms with Crippen molar-refractivity contribution in [1.29, 1.82) is 0 Å². The van der Waals surface area contributed by atoms with Gasteiger partial charge in [-0.1, -0.05) is 12.1 Å². The first kappa shape index (κ1) is 16.5. The number of likely N-dealkylation sites (tertiary alicyclic amines) is 1. The maximum absolute atomic E-state index is 12.8. The van der Waals surface area contributed by atoms with E-state index in [0.717, 1.165) is 42.9 Å². The van der Waals surface area contributed by atoms with Crippen LogP contribution in [-0.4, -0.2) is 38.2 Å². The van der Waals surface area contributed by atoms with Crippen LogP contribution >= 0.6 is 0 Å². The van der Waals surface area contributed by atoms with Gasteiger partial charge in [0.2, 0.25) is 5.91 Å². The first-order chi connectivity index (χ1) is 12.8. The molecule has 0 saturated carbocycles. The first-order valence-electron chi connectivity index (χ1n) is 8.83. The van der Waals surface area contributed by atoms with Crippen LogP contribution in [-0.2, 0) is 11.3 Å². The number of amides is 1. The summed E-state index contributed by atoms with van der Waals surface area (Å²) in [5, 5.41) is 7.30. The van der Waals surface area contributed by atoms with Crippen LogP contribution < -0.4 is 5.32 Å². The van der Waals surface area contributed by atoms with Gasteiger partial charge in [-0.3, -0.25) is 14.7 Å². The Bertz CT molecular complexity index is 863. The zero-order valence-corrected chi connectivity index (χ0v) is 14.5. The van der Waals surface area contributed by atoms with Gasteiger partial charge >= 0.3 is 0 Å². The second kappa shape index (κ2) is 7.49. The van der Waals surface area contributed by atoms with Gasteiger partial charge in [-0.05, 0) is 55.3 Å². The lowest BCUT2D eigenvalue weighted by Crippen LogP contribution is -2.39. The van der Waals surface area contributed by atoms with Gasteiger partial charge in [0, 0.05) is 37.0 Å².